The molecule has 0 spiro atoms. The number of amides is 1. The molecule has 1 aromatic carbocycles. The zero-order valence-electron chi connectivity index (χ0n) is 12.5. The van der Waals surface area contributed by atoms with Gasteiger partial charge in [-0.05, 0) is 46.9 Å². The highest BCUT2D eigenvalue weighted by Crippen LogP contribution is 2.39. The van der Waals surface area contributed by atoms with Gasteiger partial charge in [0.25, 0.3) is 0 Å². The van der Waals surface area contributed by atoms with Crippen LogP contribution in [0, 0.1) is 11.3 Å². The first-order valence-electron chi connectivity index (χ1n) is 7.32. The lowest BCUT2D eigenvalue weighted by atomic mass is 10.1. The number of hydrogen-bond donors (Lipinski definition) is 1. The van der Waals surface area contributed by atoms with Crippen molar-refractivity contribution in [1.82, 2.24) is 5.32 Å². The number of thiophene rings is 1. The second kappa shape index (κ2) is 7.53. The molecule has 1 N–H and O–H groups in total. The molecule has 2 aromatic rings. The molecule has 1 aliphatic rings. The maximum Gasteiger partial charge on any atom is 0.237 e. The summed E-state index contributed by atoms with van der Waals surface area (Å²) in [4.78, 5) is 13.8. The van der Waals surface area contributed by atoms with Crippen LogP contribution in [-0.4, -0.2) is 18.3 Å². The molecule has 0 saturated heterocycles. The van der Waals surface area contributed by atoms with Crippen LogP contribution < -0.4 is 10.1 Å². The van der Waals surface area contributed by atoms with Crippen molar-refractivity contribution in [2.45, 2.75) is 18.2 Å². The summed E-state index contributed by atoms with van der Waals surface area (Å²) in [6.45, 7) is 0.481. The van der Waals surface area contributed by atoms with E-state index in [1.54, 1.807) is 29.2 Å². The zero-order chi connectivity index (χ0) is 16.1. The van der Waals surface area contributed by atoms with E-state index >= 15 is 0 Å². The van der Waals surface area contributed by atoms with E-state index in [9.17, 15) is 4.79 Å². The summed E-state index contributed by atoms with van der Waals surface area (Å²) >= 11 is 3.44. The number of ether oxygens (including phenoxy) is 1. The first-order chi connectivity index (χ1) is 11.3. The summed E-state index contributed by atoms with van der Waals surface area (Å²) in [5.41, 5.74) is 2.12. The number of rotatable bonds is 5. The largest absolute Gasteiger partial charge is 0.479 e. The van der Waals surface area contributed by atoms with Crippen LogP contribution in [-0.2, 0) is 17.8 Å². The Balaban J connectivity index is 1.61. The first-order valence-corrected chi connectivity index (χ1v) is 9.25. The van der Waals surface area contributed by atoms with Crippen molar-refractivity contribution < 1.29 is 9.53 Å². The van der Waals surface area contributed by atoms with Crippen LogP contribution in [0.15, 0.2) is 35.7 Å². The molecule has 4 nitrogen and oxygen atoms in total. The van der Waals surface area contributed by atoms with E-state index in [2.05, 4.69) is 16.8 Å². The van der Waals surface area contributed by atoms with Crippen LogP contribution in [0.1, 0.15) is 21.3 Å². The number of fused-ring (bicyclic) bond motifs is 1. The third-order valence-electron chi connectivity index (χ3n) is 3.58. The van der Waals surface area contributed by atoms with Gasteiger partial charge in [-0.3, -0.25) is 4.79 Å². The average Bonchev–Trinajstić information content (AvgIpc) is 3.07. The molecule has 1 aromatic heterocycles. The van der Waals surface area contributed by atoms with Gasteiger partial charge in [0.2, 0.25) is 5.91 Å². The fraction of sp³-hybridized carbons (Fsp3) is 0.294. The molecular weight excluding hydrogens is 328 g/mol. The molecule has 0 bridgehead atoms. The van der Waals surface area contributed by atoms with E-state index < -0.39 is 0 Å². The molecule has 6 heteroatoms. The van der Waals surface area contributed by atoms with Gasteiger partial charge >= 0.3 is 0 Å². The lowest BCUT2D eigenvalue weighted by Crippen LogP contribution is -2.29. The number of carbonyl (C=O) groups is 1. The summed E-state index contributed by atoms with van der Waals surface area (Å²) in [5, 5.41) is 13.5. The number of nitriles is 1. The summed E-state index contributed by atoms with van der Waals surface area (Å²) in [6, 6.07) is 11.5. The van der Waals surface area contributed by atoms with Crippen molar-refractivity contribution in [1.29, 1.82) is 5.26 Å². The fourth-order valence-electron chi connectivity index (χ4n) is 2.51. The third-order valence-corrected chi connectivity index (χ3v) is 5.82. The highest BCUT2D eigenvalue weighted by atomic mass is 32.2. The predicted molar refractivity (Wildman–Crippen MR) is 92.6 cm³/mol. The first kappa shape index (κ1) is 15.9. The lowest BCUT2D eigenvalue weighted by Gasteiger charge is -2.21. The van der Waals surface area contributed by atoms with E-state index in [0.717, 1.165) is 23.3 Å². The standard InChI is InChI=1S/C17H16N2O2S2/c18-6-7-21-13-3-1-2-12(10-13)11-19-17(20)16-14-4-8-22-15(14)5-9-23-16/h1-4,8,10,16H,5,7,9,11H2,(H,19,20). The van der Waals surface area contributed by atoms with Gasteiger partial charge in [-0.25, -0.2) is 0 Å². The van der Waals surface area contributed by atoms with Crippen molar-refractivity contribution in [2.75, 3.05) is 12.4 Å². The van der Waals surface area contributed by atoms with Crippen molar-refractivity contribution in [2.24, 2.45) is 0 Å². The molecule has 2 heterocycles. The molecule has 0 aliphatic carbocycles. The number of nitrogens with one attached hydrogen (secondary N) is 1. The quantitative estimate of drug-likeness (QED) is 0.904. The number of hydrogen-bond acceptors (Lipinski definition) is 5. The van der Waals surface area contributed by atoms with Gasteiger partial charge in [0.15, 0.2) is 6.61 Å². The van der Waals surface area contributed by atoms with Crippen molar-refractivity contribution >= 4 is 29.0 Å². The SMILES string of the molecule is N#CCOc1cccc(CNC(=O)C2SCCc3sccc32)c1. The topological polar surface area (TPSA) is 62.1 Å². The van der Waals surface area contributed by atoms with Crippen LogP contribution >= 0.6 is 23.1 Å². The summed E-state index contributed by atoms with van der Waals surface area (Å²) in [5.74, 6) is 1.69. The highest BCUT2D eigenvalue weighted by molar-refractivity contribution is 8.00. The Labute approximate surface area is 143 Å². The Morgan fingerprint density at radius 2 is 2.35 bits per heavy atom. The molecule has 0 saturated carbocycles. The van der Waals surface area contributed by atoms with Crippen LogP contribution in [0.4, 0.5) is 0 Å². The maximum absolute atomic E-state index is 12.5. The normalized spacial score (nSPS) is 16.2. The molecule has 1 unspecified atom stereocenters. The lowest BCUT2D eigenvalue weighted by molar-refractivity contribution is -0.120. The molecular formula is C17H16N2O2S2. The van der Waals surface area contributed by atoms with Gasteiger partial charge in [-0.2, -0.15) is 5.26 Å². The summed E-state index contributed by atoms with van der Waals surface area (Å²) in [7, 11) is 0. The Kier molecular flexibility index (Phi) is 5.21. The van der Waals surface area contributed by atoms with Gasteiger partial charge in [0.1, 0.15) is 17.1 Å². The second-order valence-electron chi connectivity index (χ2n) is 5.11. The van der Waals surface area contributed by atoms with Crippen LogP contribution in [0.5, 0.6) is 5.75 Å². The number of aryl methyl sites for hydroxylation is 1. The Bertz CT molecular complexity index is 736. The minimum Gasteiger partial charge on any atom is -0.479 e. The predicted octanol–water partition coefficient (Wildman–Crippen LogP) is 3.30. The molecule has 1 aliphatic heterocycles. The smallest absolute Gasteiger partial charge is 0.237 e. The van der Waals surface area contributed by atoms with Gasteiger partial charge in [0, 0.05) is 11.4 Å². The Morgan fingerprint density at radius 1 is 1.43 bits per heavy atom. The molecule has 118 valence electrons. The van der Waals surface area contributed by atoms with Crippen LogP contribution in [0.25, 0.3) is 0 Å². The molecule has 0 radical (unpaired) electrons. The molecule has 3 rings (SSSR count). The van der Waals surface area contributed by atoms with Gasteiger partial charge < -0.3 is 10.1 Å². The summed E-state index contributed by atoms with van der Waals surface area (Å²) in [6.07, 6.45) is 1.06. The molecule has 23 heavy (non-hydrogen) atoms. The molecule has 1 atom stereocenters. The average molecular weight is 344 g/mol. The van der Waals surface area contributed by atoms with Crippen LogP contribution in [0.2, 0.25) is 0 Å². The second-order valence-corrected chi connectivity index (χ2v) is 7.33. The van der Waals surface area contributed by atoms with Gasteiger partial charge in [-0.15, -0.1) is 23.1 Å². The monoisotopic (exact) mass is 344 g/mol. The van der Waals surface area contributed by atoms with E-state index in [1.807, 2.05) is 24.3 Å². The number of carbonyl (C=O) groups excluding carboxylic acids is 1. The van der Waals surface area contributed by atoms with E-state index in [1.165, 1.54) is 4.88 Å². The fourth-order valence-corrected chi connectivity index (χ4v) is 4.82. The van der Waals surface area contributed by atoms with E-state index in [-0.39, 0.29) is 17.8 Å². The zero-order valence-corrected chi connectivity index (χ0v) is 14.1. The molecule has 0 fully saturated rings. The van der Waals surface area contributed by atoms with Crippen LogP contribution in [0.3, 0.4) is 0 Å². The van der Waals surface area contributed by atoms with E-state index in [0.29, 0.717) is 12.3 Å². The Morgan fingerprint density at radius 3 is 3.22 bits per heavy atom. The molecule has 1 amide bonds. The third kappa shape index (κ3) is 3.87. The minimum absolute atomic E-state index is 0.0233. The van der Waals surface area contributed by atoms with Crippen molar-refractivity contribution in [3.63, 3.8) is 0 Å². The van der Waals surface area contributed by atoms with Gasteiger partial charge in [-0.1, -0.05) is 12.1 Å². The Hall–Kier alpha value is -1.97. The van der Waals surface area contributed by atoms with Gasteiger partial charge in [0.05, 0.1) is 0 Å². The minimum atomic E-state index is -0.108. The summed E-state index contributed by atoms with van der Waals surface area (Å²) < 4.78 is 5.28. The maximum atomic E-state index is 12.5. The highest BCUT2D eigenvalue weighted by Gasteiger charge is 2.27. The van der Waals surface area contributed by atoms with Crippen molar-refractivity contribution in [3.8, 4) is 11.8 Å². The van der Waals surface area contributed by atoms with E-state index in [4.69, 9.17) is 10.00 Å². The number of benzene rings is 1. The number of nitrogens with zero attached hydrogens (tertiary/aromatic N) is 1. The number of thioether (sulfide) groups is 1. The van der Waals surface area contributed by atoms with Crippen molar-refractivity contribution in [3.05, 3.63) is 51.7 Å².